The Kier molecular flexibility index (Phi) is 6.61. The summed E-state index contributed by atoms with van der Waals surface area (Å²) in [5, 5.41) is 13.2. The monoisotopic (exact) mass is 483 g/mol. The summed E-state index contributed by atoms with van der Waals surface area (Å²) in [4.78, 5) is 25.9. The molecule has 6 nitrogen and oxygen atoms in total. The van der Waals surface area contributed by atoms with Crippen molar-refractivity contribution in [1.29, 1.82) is 0 Å². The molecule has 2 N–H and O–H groups in total. The van der Waals surface area contributed by atoms with E-state index in [1.165, 1.54) is 18.2 Å². The predicted molar refractivity (Wildman–Crippen MR) is 123 cm³/mol. The molecule has 0 spiro atoms. The number of benzene rings is 3. The Balaban J connectivity index is 1.56. The first-order valence-corrected chi connectivity index (χ1v) is 10.6. The molecule has 35 heavy (non-hydrogen) atoms. The van der Waals surface area contributed by atoms with Gasteiger partial charge in [-0.05, 0) is 36.8 Å². The SMILES string of the molecule is Cc1c(-c2ccccc2)oc2c(C(=O)NCC(O)c3ccc(OC(F)(F)F)cc3)cccc2c1=O. The zero-order valence-corrected chi connectivity index (χ0v) is 18.4. The first-order valence-electron chi connectivity index (χ1n) is 10.6. The van der Waals surface area contributed by atoms with Crippen LogP contribution in [0, 0.1) is 6.92 Å². The van der Waals surface area contributed by atoms with E-state index in [2.05, 4.69) is 10.1 Å². The highest BCUT2D eigenvalue weighted by atomic mass is 19.4. The van der Waals surface area contributed by atoms with E-state index in [1.54, 1.807) is 43.3 Å². The van der Waals surface area contributed by atoms with Gasteiger partial charge in [0.15, 0.2) is 11.0 Å². The van der Waals surface area contributed by atoms with Gasteiger partial charge in [-0.15, -0.1) is 13.2 Å². The molecular formula is C26H20F3NO5. The molecule has 3 aromatic carbocycles. The second-order valence-electron chi connectivity index (χ2n) is 7.78. The van der Waals surface area contributed by atoms with Crippen molar-refractivity contribution in [3.63, 3.8) is 0 Å². The lowest BCUT2D eigenvalue weighted by molar-refractivity contribution is -0.274. The van der Waals surface area contributed by atoms with Crippen molar-refractivity contribution < 1.29 is 32.2 Å². The number of rotatable bonds is 6. The number of nitrogens with one attached hydrogen (secondary N) is 1. The van der Waals surface area contributed by atoms with Crippen LogP contribution in [0.3, 0.4) is 0 Å². The molecule has 0 saturated heterocycles. The lowest BCUT2D eigenvalue weighted by Crippen LogP contribution is -2.28. The molecule has 1 amide bonds. The molecule has 4 aromatic rings. The largest absolute Gasteiger partial charge is 0.573 e. The Morgan fingerprint density at radius 3 is 2.37 bits per heavy atom. The maximum Gasteiger partial charge on any atom is 0.573 e. The molecule has 0 fully saturated rings. The number of para-hydroxylation sites is 1. The summed E-state index contributed by atoms with van der Waals surface area (Å²) in [6.45, 7) is 1.43. The smallest absolute Gasteiger partial charge is 0.455 e. The maximum absolute atomic E-state index is 13.0. The molecule has 1 unspecified atom stereocenters. The molecule has 0 bridgehead atoms. The summed E-state index contributed by atoms with van der Waals surface area (Å²) in [5.41, 5.74) is 1.34. The zero-order chi connectivity index (χ0) is 25.2. The van der Waals surface area contributed by atoms with Gasteiger partial charge in [-0.2, -0.15) is 0 Å². The molecule has 0 radical (unpaired) electrons. The van der Waals surface area contributed by atoms with E-state index in [0.29, 0.717) is 16.9 Å². The van der Waals surface area contributed by atoms with E-state index in [9.17, 15) is 27.9 Å². The van der Waals surface area contributed by atoms with Crippen LogP contribution in [0.5, 0.6) is 5.75 Å². The Hall–Kier alpha value is -4.11. The second-order valence-corrected chi connectivity index (χ2v) is 7.78. The van der Waals surface area contributed by atoms with E-state index in [4.69, 9.17) is 4.42 Å². The number of hydrogen-bond donors (Lipinski definition) is 2. The zero-order valence-electron chi connectivity index (χ0n) is 18.4. The number of aliphatic hydroxyl groups excluding tert-OH is 1. The molecule has 0 aliphatic rings. The number of amides is 1. The molecule has 1 atom stereocenters. The van der Waals surface area contributed by atoms with Gasteiger partial charge in [0.1, 0.15) is 11.5 Å². The number of aliphatic hydroxyl groups is 1. The number of ether oxygens (including phenoxy) is 1. The van der Waals surface area contributed by atoms with Gasteiger partial charge in [-0.1, -0.05) is 48.5 Å². The van der Waals surface area contributed by atoms with E-state index >= 15 is 0 Å². The summed E-state index contributed by atoms with van der Waals surface area (Å²) in [6, 6.07) is 18.3. The highest BCUT2D eigenvalue weighted by Crippen LogP contribution is 2.28. The third-order valence-electron chi connectivity index (χ3n) is 5.38. The van der Waals surface area contributed by atoms with Gasteiger partial charge in [-0.25, -0.2) is 0 Å². The highest BCUT2D eigenvalue weighted by molar-refractivity contribution is 6.05. The third kappa shape index (κ3) is 5.36. The number of hydrogen-bond acceptors (Lipinski definition) is 5. The topological polar surface area (TPSA) is 88.8 Å². The normalized spacial score (nSPS) is 12.4. The Bertz CT molecular complexity index is 1410. The molecule has 0 aliphatic carbocycles. The molecule has 180 valence electrons. The van der Waals surface area contributed by atoms with Crippen molar-refractivity contribution in [2.24, 2.45) is 0 Å². The maximum atomic E-state index is 13.0. The van der Waals surface area contributed by atoms with Crippen molar-refractivity contribution in [3.05, 3.63) is 99.7 Å². The van der Waals surface area contributed by atoms with Gasteiger partial charge >= 0.3 is 6.36 Å². The first-order chi connectivity index (χ1) is 16.6. The van der Waals surface area contributed by atoms with Crippen LogP contribution in [0.1, 0.15) is 27.6 Å². The average molecular weight is 483 g/mol. The Morgan fingerprint density at radius 2 is 1.71 bits per heavy atom. The van der Waals surface area contributed by atoms with Gasteiger partial charge in [0.05, 0.1) is 17.1 Å². The van der Waals surface area contributed by atoms with Crippen molar-refractivity contribution >= 4 is 16.9 Å². The fourth-order valence-corrected chi connectivity index (χ4v) is 3.65. The lowest BCUT2D eigenvalue weighted by atomic mass is 10.0. The van der Waals surface area contributed by atoms with Crippen LogP contribution in [-0.4, -0.2) is 23.9 Å². The number of carbonyl (C=O) groups is 1. The van der Waals surface area contributed by atoms with Crippen molar-refractivity contribution in [1.82, 2.24) is 5.32 Å². The summed E-state index contributed by atoms with van der Waals surface area (Å²) in [6.07, 6.45) is -6.01. The van der Waals surface area contributed by atoms with Crippen LogP contribution in [0.4, 0.5) is 13.2 Å². The molecule has 0 aliphatic heterocycles. The van der Waals surface area contributed by atoms with Gasteiger partial charge in [-0.3, -0.25) is 9.59 Å². The minimum atomic E-state index is -4.82. The number of fused-ring (bicyclic) bond motifs is 1. The molecule has 1 aromatic heterocycles. The molecular weight excluding hydrogens is 463 g/mol. The minimum absolute atomic E-state index is 0.109. The van der Waals surface area contributed by atoms with Crippen LogP contribution in [-0.2, 0) is 0 Å². The van der Waals surface area contributed by atoms with E-state index < -0.39 is 24.1 Å². The molecule has 4 rings (SSSR count). The van der Waals surface area contributed by atoms with Gasteiger partial charge < -0.3 is 19.6 Å². The standard InChI is InChI=1S/C26H20F3NO5/c1-15-22(32)19-8-5-9-20(24(19)34-23(15)17-6-3-2-4-7-17)25(33)30-14-21(31)16-10-12-18(13-11-16)35-26(27,28)29/h2-13,21,31H,14H2,1H3,(H,30,33). The number of halogens is 3. The van der Waals surface area contributed by atoms with Crippen LogP contribution < -0.4 is 15.5 Å². The van der Waals surface area contributed by atoms with E-state index in [1.807, 2.05) is 6.07 Å². The van der Waals surface area contributed by atoms with Crippen molar-refractivity contribution in [2.75, 3.05) is 6.54 Å². The van der Waals surface area contributed by atoms with Gasteiger partial charge in [0, 0.05) is 17.7 Å². The van der Waals surface area contributed by atoms with Crippen molar-refractivity contribution in [2.45, 2.75) is 19.4 Å². The Labute approximate surface area is 197 Å². The van der Waals surface area contributed by atoms with Crippen molar-refractivity contribution in [3.8, 4) is 17.1 Å². The third-order valence-corrected chi connectivity index (χ3v) is 5.38. The summed E-state index contributed by atoms with van der Waals surface area (Å²) in [5.74, 6) is -0.657. The van der Waals surface area contributed by atoms with Crippen LogP contribution in [0.2, 0.25) is 0 Å². The average Bonchev–Trinajstić information content (AvgIpc) is 2.84. The predicted octanol–water partition coefficient (Wildman–Crippen LogP) is 5.13. The quantitative estimate of drug-likeness (QED) is 0.397. The number of alkyl halides is 3. The fraction of sp³-hybridized carbons (Fsp3) is 0.154. The Morgan fingerprint density at radius 1 is 1.03 bits per heavy atom. The molecule has 1 heterocycles. The molecule has 0 saturated carbocycles. The van der Waals surface area contributed by atoms with E-state index in [-0.39, 0.29) is 34.1 Å². The van der Waals surface area contributed by atoms with E-state index in [0.717, 1.165) is 12.1 Å². The van der Waals surface area contributed by atoms with Crippen LogP contribution >= 0.6 is 0 Å². The molecule has 9 heteroatoms. The highest BCUT2D eigenvalue weighted by Gasteiger charge is 2.31. The van der Waals surface area contributed by atoms with Crippen LogP contribution in [0.15, 0.2) is 82.0 Å². The summed E-state index contributed by atoms with van der Waals surface area (Å²) in [7, 11) is 0. The first kappa shape index (κ1) is 24.0. The summed E-state index contributed by atoms with van der Waals surface area (Å²) < 4.78 is 46.7. The van der Waals surface area contributed by atoms with Crippen LogP contribution in [0.25, 0.3) is 22.3 Å². The van der Waals surface area contributed by atoms with Gasteiger partial charge in [0.25, 0.3) is 5.91 Å². The number of carbonyl (C=O) groups excluding carboxylic acids is 1. The fourth-order valence-electron chi connectivity index (χ4n) is 3.65. The lowest BCUT2D eigenvalue weighted by Gasteiger charge is -2.14. The minimum Gasteiger partial charge on any atom is -0.455 e. The second kappa shape index (κ2) is 9.63. The summed E-state index contributed by atoms with van der Waals surface area (Å²) >= 11 is 0. The van der Waals surface area contributed by atoms with Gasteiger partial charge in [0.2, 0.25) is 0 Å².